The van der Waals surface area contributed by atoms with Gasteiger partial charge in [0.15, 0.2) is 0 Å². The van der Waals surface area contributed by atoms with Gasteiger partial charge in [0.05, 0.1) is 5.56 Å². The maximum atomic E-state index is 12.7. The summed E-state index contributed by atoms with van der Waals surface area (Å²) in [6.45, 7) is 4.41. The summed E-state index contributed by atoms with van der Waals surface area (Å²) in [6, 6.07) is 9.89. The quantitative estimate of drug-likeness (QED) is 0.938. The zero-order valence-electron chi connectivity index (χ0n) is 11.6. The summed E-state index contributed by atoms with van der Waals surface area (Å²) in [5.74, 6) is 0.124. The molecule has 0 unspecified atom stereocenters. The zero-order valence-corrected chi connectivity index (χ0v) is 12.4. The standard InChI is InChI=1S/C16H18N2OS/c1-2-17-14-6-4-3-5-13(14)16(19)18-9-7-15-12(11-18)8-10-20-15/h3-6,8,10,17H,2,7,9,11H2,1H3. The molecule has 0 atom stereocenters. The number of benzene rings is 1. The van der Waals surface area contributed by atoms with E-state index < -0.39 is 0 Å². The minimum atomic E-state index is 0.124. The number of thiophene rings is 1. The molecule has 0 saturated heterocycles. The van der Waals surface area contributed by atoms with Crippen molar-refractivity contribution < 1.29 is 4.79 Å². The number of nitrogens with zero attached hydrogens (tertiary/aromatic N) is 1. The molecule has 1 amide bonds. The lowest BCUT2D eigenvalue weighted by Gasteiger charge is -2.27. The van der Waals surface area contributed by atoms with Crippen LogP contribution in [0.3, 0.4) is 0 Å². The SMILES string of the molecule is CCNc1ccccc1C(=O)N1CCc2sccc2C1. The van der Waals surface area contributed by atoms with Crippen LogP contribution in [0.2, 0.25) is 0 Å². The van der Waals surface area contributed by atoms with E-state index in [2.05, 4.69) is 16.8 Å². The van der Waals surface area contributed by atoms with E-state index in [1.807, 2.05) is 36.1 Å². The number of amides is 1. The van der Waals surface area contributed by atoms with Gasteiger partial charge in [-0.2, -0.15) is 0 Å². The topological polar surface area (TPSA) is 32.3 Å². The van der Waals surface area contributed by atoms with Crippen LogP contribution in [0, 0.1) is 0 Å². The number of para-hydroxylation sites is 1. The number of hydrogen-bond donors (Lipinski definition) is 1. The average Bonchev–Trinajstić information content (AvgIpc) is 2.95. The Balaban J connectivity index is 1.83. The fourth-order valence-corrected chi connectivity index (χ4v) is 3.50. The maximum absolute atomic E-state index is 12.7. The van der Waals surface area contributed by atoms with Gasteiger partial charge in [0.2, 0.25) is 0 Å². The van der Waals surface area contributed by atoms with E-state index in [0.717, 1.165) is 37.3 Å². The monoisotopic (exact) mass is 286 g/mol. The molecular formula is C16H18N2OS. The Morgan fingerprint density at radius 3 is 3.05 bits per heavy atom. The fraction of sp³-hybridized carbons (Fsp3) is 0.312. The zero-order chi connectivity index (χ0) is 13.9. The van der Waals surface area contributed by atoms with Crippen molar-refractivity contribution in [3.05, 3.63) is 51.7 Å². The molecule has 0 saturated carbocycles. The number of anilines is 1. The highest BCUT2D eigenvalue weighted by molar-refractivity contribution is 7.10. The molecule has 3 rings (SSSR count). The third-order valence-electron chi connectivity index (χ3n) is 3.62. The van der Waals surface area contributed by atoms with Crippen LogP contribution in [-0.2, 0) is 13.0 Å². The van der Waals surface area contributed by atoms with E-state index in [4.69, 9.17) is 0 Å². The molecule has 1 aliphatic heterocycles. The highest BCUT2D eigenvalue weighted by Crippen LogP contribution is 2.26. The first-order valence-electron chi connectivity index (χ1n) is 6.97. The first-order valence-corrected chi connectivity index (χ1v) is 7.85. The van der Waals surface area contributed by atoms with Crippen LogP contribution in [0.4, 0.5) is 5.69 Å². The number of fused-ring (bicyclic) bond motifs is 1. The molecule has 0 aliphatic carbocycles. The van der Waals surface area contributed by atoms with E-state index in [0.29, 0.717) is 0 Å². The largest absolute Gasteiger partial charge is 0.385 e. The molecule has 2 heterocycles. The molecule has 1 N–H and O–H groups in total. The van der Waals surface area contributed by atoms with Gasteiger partial charge in [-0.1, -0.05) is 12.1 Å². The minimum absolute atomic E-state index is 0.124. The van der Waals surface area contributed by atoms with Crippen molar-refractivity contribution in [2.75, 3.05) is 18.4 Å². The molecular weight excluding hydrogens is 268 g/mol. The number of nitrogens with one attached hydrogen (secondary N) is 1. The summed E-state index contributed by atoms with van der Waals surface area (Å²) in [4.78, 5) is 16.1. The Kier molecular flexibility index (Phi) is 3.74. The van der Waals surface area contributed by atoms with Crippen molar-refractivity contribution in [3.63, 3.8) is 0 Å². The minimum Gasteiger partial charge on any atom is -0.385 e. The van der Waals surface area contributed by atoms with Crippen LogP contribution >= 0.6 is 11.3 Å². The van der Waals surface area contributed by atoms with E-state index >= 15 is 0 Å². The number of carbonyl (C=O) groups excluding carboxylic acids is 1. The van der Waals surface area contributed by atoms with E-state index in [1.165, 1.54) is 10.4 Å². The van der Waals surface area contributed by atoms with E-state index in [1.54, 1.807) is 11.3 Å². The molecule has 1 aromatic heterocycles. The Labute approximate surface area is 123 Å². The van der Waals surface area contributed by atoms with Crippen molar-refractivity contribution in [1.29, 1.82) is 0 Å². The molecule has 1 aliphatic rings. The number of carbonyl (C=O) groups is 1. The smallest absolute Gasteiger partial charge is 0.256 e. The van der Waals surface area contributed by atoms with Crippen LogP contribution in [0.25, 0.3) is 0 Å². The molecule has 1 aromatic carbocycles. The lowest BCUT2D eigenvalue weighted by atomic mass is 10.1. The second-order valence-electron chi connectivity index (χ2n) is 4.92. The van der Waals surface area contributed by atoms with Gasteiger partial charge in [-0.3, -0.25) is 4.79 Å². The van der Waals surface area contributed by atoms with Gasteiger partial charge in [0, 0.05) is 30.2 Å². The third kappa shape index (κ3) is 2.43. The Morgan fingerprint density at radius 2 is 2.20 bits per heavy atom. The highest BCUT2D eigenvalue weighted by atomic mass is 32.1. The molecule has 104 valence electrons. The first kappa shape index (κ1) is 13.2. The summed E-state index contributed by atoms with van der Waals surface area (Å²) < 4.78 is 0. The summed E-state index contributed by atoms with van der Waals surface area (Å²) in [7, 11) is 0. The van der Waals surface area contributed by atoms with Crippen molar-refractivity contribution in [2.45, 2.75) is 19.9 Å². The van der Waals surface area contributed by atoms with Gasteiger partial charge in [-0.15, -0.1) is 11.3 Å². The van der Waals surface area contributed by atoms with Crippen molar-refractivity contribution in [2.24, 2.45) is 0 Å². The second kappa shape index (κ2) is 5.67. The Bertz CT molecular complexity index is 620. The van der Waals surface area contributed by atoms with Gasteiger partial charge in [-0.05, 0) is 42.5 Å². The third-order valence-corrected chi connectivity index (χ3v) is 4.64. The van der Waals surface area contributed by atoms with Crippen LogP contribution in [0.5, 0.6) is 0 Å². The molecule has 2 aromatic rings. The Morgan fingerprint density at radius 1 is 1.35 bits per heavy atom. The van der Waals surface area contributed by atoms with Crippen LogP contribution < -0.4 is 5.32 Å². The normalized spacial score (nSPS) is 13.9. The lowest BCUT2D eigenvalue weighted by molar-refractivity contribution is 0.0737. The average molecular weight is 286 g/mol. The molecule has 0 fully saturated rings. The molecule has 0 radical (unpaired) electrons. The van der Waals surface area contributed by atoms with Gasteiger partial charge in [-0.25, -0.2) is 0 Å². The van der Waals surface area contributed by atoms with Gasteiger partial charge < -0.3 is 10.2 Å². The van der Waals surface area contributed by atoms with Gasteiger partial charge in [0.1, 0.15) is 0 Å². The molecule has 0 spiro atoms. The lowest BCUT2D eigenvalue weighted by Crippen LogP contribution is -2.35. The van der Waals surface area contributed by atoms with Crippen LogP contribution in [-0.4, -0.2) is 23.9 Å². The molecule has 3 nitrogen and oxygen atoms in total. The molecule has 4 heteroatoms. The maximum Gasteiger partial charge on any atom is 0.256 e. The molecule has 20 heavy (non-hydrogen) atoms. The number of rotatable bonds is 3. The van der Waals surface area contributed by atoms with Crippen molar-refractivity contribution in [3.8, 4) is 0 Å². The molecule has 0 bridgehead atoms. The van der Waals surface area contributed by atoms with Crippen LogP contribution in [0.15, 0.2) is 35.7 Å². The summed E-state index contributed by atoms with van der Waals surface area (Å²) in [6.07, 6.45) is 0.974. The second-order valence-corrected chi connectivity index (χ2v) is 5.92. The van der Waals surface area contributed by atoms with Gasteiger partial charge in [0.25, 0.3) is 5.91 Å². The highest BCUT2D eigenvalue weighted by Gasteiger charge is 2.23. The predicted molar refractivity (Wildman–Crippen MR) is 83.4 cm³/mol. The summed E-state index contributed by atoms with van der Waals surface area (Å²) in [5, 5.41) is 5.38. The first-order chi connectivity index (χ1) is 9.79. The Hall–Kier alpha value is -1.81. The van der Waals surface area contributed by atoms with Crippen molar-refractivity contribution >= 4 is 22.9 Å². The van der Waals surface area contributed by atoms with Crippen molar-refractivity contribution in [1.82, 2.24) is 4.90 Å². The number of hydrogen-bond acceptors (Lipinski definition) is 3. The van der Waals surface area contributed by atoms with Gasteiger partial charge >= 0.3 is 0 Å². The summed E-state index contributed by atoms with van der Waals surface area (Å²) in [5.41, 5.74) is 3.00. The predicted octanol–water partition coefficient (Wildman–Crippen LogP) is 3.38. The summed E-state index contributed by atoms with van der Waals surface area (Å²) >= 11 is 1.80. The van der Waals surface area contributed by atoms with E-state index in [-0.39, 0.29) is 5.91 Å². The van der Waals surface area contributed by atoms with Crippen LogP contribution in [0.1, 0.15) is 27.7 Å². The fourth-order valence-electron chi connectivity index (χ4n) is 2.61. The van der Waals surface area contributed by atoms with E-state index in [9.17, 15) is 4.79 Å².